The zero-order valence-electron chi connectivity index (χ0n) is 8.28. The van der Waals surface area contributed by atoms with Crippen molar-refractivity contribution in [2.24, 2.45) is 0 Å². The van der Waals surface area contributed by atoms with Crippen LogP contribution in [-0.4, -0.2) is 27.5 Å². The standard InChI is InChI=1S/C11H11NO.Al/c1-7-6-12-11-9(8(7)2)4-3-5-10(11)13;/h3-6,13H,1-2H3;. The molecule has 1 N–H and O–H groups in total. The van der Waals surface area contributed by atoms with Gasteiger partial charge in [0.05, 0.1) is 0 Å². The molecule has 69 valence electrons. The maximum absolute atomic E-state index is 9.52. The van der Waals surface area contributed by atoms with Crippen molar-refractivity contribution in [2.75, 3.05) is 0 Å². The van der Waals surface area contributed by atoms with Crippen LogP contribution in [0.15, 0.2) is 24.4 Å². The first-order chi connectivity index (χ1) is 6.20. The number of hydrogen-bond acceptors (Lipinski definition) is 2. The molecular formula is C11H11AlNO. The molecule has 2 rings (SSSR count). The number of aromatic hydroxyl groups is 1. The smallest absolute Gasteiger partial charge is 0.141 e. The van der Waals surface area contributed by atoms with Crippen LogP contribution in [0.25, 0.3) is 10.9 Å². The van der Waals surface area contributed by atoms with Gasteiger partial charge in [0.25, 0.3) is 0 Å². The molecule has 0 atom stereocenters. The van der Waals surface area contributed by atoms with E-state index in [-0.39, 0.29) is 23.1 Å². The maximum Gasteiger partial charge on any atom is 0.141 e. The number of pyridine rings is 1. The molecule has 0 aliphatic rings. The van der Waals surface area contributed by atoms with Gasteiger partial charge in [-0.25, -0.2) is 0 Å². The largest absolute Gasteiger partial charge is 0.506 e. The van der Waals surface area contributed by atoms with Gasteiger partial charge < -0.3 is 5.11 Å². The van der Waals surface area contributed by atoms with Crippen molar-refractivity contribution in [2.45, 2.75) is 13.8 Å². The van der Waals surface area contributed by atoms with Crippen LogP contribution in [0.4, 0.5) is 0 Å². The Hall–Kier alpha value is -1.04. The van der Waals surface area contributed by atoms with Gasteiger partial charge in [-0.3, -0.25) is 4.98 Å². The SMILES string of the molecule is Cc1cnc2c(O)cccc2c1C.[Al]. The van der Waals surface area contributed by atoms with E-state index in [4.69, 9.17) is 0 Å². The molecule has 1 aromatic heterocycles. The first-order valence-corrected chi connectivity index (χ1v) is 4.24. The zero-order valence-corrected chi connectivity index (χ0v) is 9.44. The Morgan fingerprint density at radius 1 is 1.21 bits per heavy atom. The summed E-state index contributed by atoms with van der Waals surface area (Å²) in [5.74, 6) is 0.251. The molecule has 0 saturated heterocycles. The second kappa shape index (κ2) is 4.00. The second-order valence-corrected chi connectivity index (χ2v) is 3.24. The summed E-state index contributed by atoms with van der Waals surface area (Å²) in [7, 11) is 0. The van der Waals surface area contributed by atoms with Crippen molar-refractivity contribution >= 4 is 28.3 Å². The van der Waals surface area contributed by atoms with E-state index in [0.717, 1.165) is 10.9 Å². The van der Waals surface area contributed by atoms with Gasteiger partial charge >= 0.3 is 0 Å². The van der Waals surface area contributed by atoms with E-state index in [1.165, 1.54) is 5.56 Å². The number of phenolic OH excluding ortho intramolecular Hbond substituents is 1. The summed E-state index contributed by atoms with van der Waals surface area (Å²) in [6.45, 7) is 4.06. The molecule has 0 amide bonds. The molecule has 2 aromatic rings. The minimum Gasteiger partial charge on any atom is -0.506 e. The highest BCUT2D eigenvalue weighted by molar-refractivity contribution is 5.87. The van der Waals surface area contributed by atoms with Crippen molar-refractivity contribution in [3.63, 3.8) is 0 Å². The summed E-state index contributed by atoms with van der Waals surface area (Å²) < 4.78 is 0. The summed E-state index contributed by atoms with van der Waals surface area (Å²) in [5.41, 5.74) is 3.02. The third-order valence-corrected chi connectivity index (χ3v) is 2.40. The fraction of sp³-hybridized carbons (Fsp3) is 0.182. The molecule has 3 heteroatoms. The van der Waals surface area contributed by atoms with E-state index in [2.05, 4.69) is 4.98 Å². The lowest BCUT2D eigenvalue weighted by Gasteiger charge is -2.05. The van der Waals surface area contributed by atoms with E-state index in [1.807, 2.05) is 26.0 Å². The molecule has 0 bridgehead atoms. The number of aryl methyl sites for hydroxylation is 2. The first kappa shape index (κ1) is 11.0. The van der Waals surface area contributed by atoms with Gasteiger partial charge in [-0.1, -0.05) is 12.1 Å². The Balaban J connectivity index is 0.000000980. The number of benzene rings is 1. The summed E-state index contributed by atoms with van der Waals surface area (Å²) in [4.78, 5) is 4.19. The monoisotopic (exact) mass is 200 g/mol. The van der Waals surface area contributed by atoms with Crippen molar-refractivity contribution in [1.82, 2.24) is 4.98 Å². The van der Waals surface area contributed by atoms with Gasteiger partial charge in [0, 0.05) is 28.9 Å². The molecule has 2 nitrogen and oxygen atoms in total. The van der Waals surface area contributed by atoms with Gasteiger partial charge in [0.2, 0.25) is 0 Å². The lowest BCUT2D eigenvalue weighted by Crippen LogP contribution is -1.87. The zero-order chi connectivity index (χ0) is 9.42. The maximum atomic E-state index is 9.52. The summed E-state index contributed by atoms with van der Waals surface area (Å²) in [6.07, 6.45) is 1.79. The molecule has 0 unspecified atom stereocenters. The summed E-state index contributed by atoms with van der Waals surface area (Å²) in [6, 6.07) is 5.47. The van der Waals surface area contributed by atoms with E-state index in [0.29, 0.717) is 5.52 Å². The average molecular weight is 200 g/mol. The van der Waals surface area contributed by atoms with E-state index >= 15 is 0 Å². The molecule has 1 heterocycles. The predicted molar refractivity (Wildman–Crippen MR) is 58.6 cm³/mol. The van der Waals surface area contributed by atoms with Crippen LogP contribution in [0, 0.1) is 13.8 Å². The number of nitrogens with zero attached hydrogens (tertiary/aromatic N) is 1. The quantitative estimate of drug-likeness (QED) is 0.661. The van der Waals surface area contributed by atoms with Crippen LogP contribution < -0.4 is 0 Å². The first-order valence-electron chi connectivity index (χ1n) is 4.24. The van der Waals surface area contributed by atoms with Crippen LogP contribution in [0.3, 0.4) is 0 Å². The lowest BCUT2D eigenvalue weighted by atomic mass is 10.1. The molecule has 14 heavy (non-hydrogen) atoms. The minimum absolute atomic E-state index is 0. The van der Waals surface area contributed by atoms with E-state index in [9.17, 15) is 5.11 Å². The van der Waals surface area contributed by atoms with Crippen molar-refractivity contribution in [1.29, 1.82) is 0 Å². The molecule has 3 radical (unpaired) electrons. The van der Waals surface area contributed by atoms with Crippen molar-refractivity contribution < 1.29 is 5.11 Å². The highest BCUT2D eigenvalue weighted by Crippen LogP contribution is 2.25. The van der Waals surface area contributed by atoms with Gasteiger partial charge in [0.15, 0.2) is 0 Å². The van der Waals surface area contributed by atoms with Gasteiger partial charge in [-0.2, -0.15) is 0 Å². The molecule has 0 aliphatic heterocycles. The van der Waals surface area contributed by atoms with Crippen LogP contribution in [-0.2, 0) is 0 Å². The molecular weight excluding hydrogens is 189 g/mol. The van der Waals surface area contributed by atoms with Crippen LogP contribution >= 0.6 is 0 Å². The Kier molecular flexibility index (Phi) is 3.15. The Morgan fingerprint density at radius 2 is 1.93 bits per heavy atom. The van der Waals surface area contributed by atoms with Crippen LogP contribution in [0.1, 0.15) is 11.1 Å². The molecule has 1 aromatic carbocycles. The van der Waals surface area contributed by atoms with Crippen LogP contribution in [0.2, 0.25) is 0 Å². The molecule has 0 saturated carbocycles. The van der Waals surface area contributed by atoms with Crippen molar-refractivity contribution in [3.8, 4) is 5.75 Å². The Morgan fingerprint density at radius 3 is 2.64 bits per heavy atom. The average Bonchev–Trinajstić information content (AvgIpc) is 2.12. The number of para-hydroxylation sites is 1. The fourth-order valence-electron chi connectivity index (χ4n) is 1.44. The number of aromatic nitrogens is 1. The third kappa shape index (κ3) is 1.61. The molecule has 0 aliphatic carbocycles. The summed E-state index contributed by atoms with van der Waals surface area (Å²) in [5, 5.41) is 10.6. The normalized spacial score (nSPS) is 9.86. The topological polar surface area (TPSA) is 33.1 Å². The van der Waals surface area contributed by atoms with Gasteiger partial charge in [0.1, 0.15) is 11.3 Å². The third-order valence-electron chi connectivity index (χ3n) is 2.40. The fourth-order valence-corrected chi connectivity index (χ4v) is 1.44. The number of hydrogen-bond donors (Lipinski definition) is 1. The van der Waals surface area contributed by atoms with E-state index < -0.39 is 0 Å². The highest BCUT2D eigenvalue weighted by Gasteiger charge is 2.03. The Labute approximate surface area is 93.7 Å². The van der Waals surface area contributed by atoms with Crippen LogP contribution in [0.5, 0.6) is 5.75 Å². The number of fused-ring (bicyclic) bond motifs is 1. The molecule has 0 spiro atoms. The number of rotatable bonds is 0. The van der Waals surface area contributed by atoms with E-state index in [1.54, 1.807) is 12.3 Å². The minimum atomic E-state index is 0. The number of phenols is 1. The van der Waals surface area contributed by atoms with Crippen molar-refractivity contribution in [3.05, 3.63) is 35.5 Å². The summed E-state index contributed by atoms with van der Waals surface area (Å²) >= 11 is 0. The molecule has 0 fully saturated rings. The lowest BCUT2D eigenvalue weighted by molar-refractivity contribution is 0.480. The predicted octanol–water partition coefficient (Wildman–Crippen LogP) is 2.18. The van der Waals surface area contributed by atoms with Gasteiger partial charge in [-0.15, -0.1) is 0 Å². The second-order valence-electron chi connectivity index (χ2n) is 3.24. The van der Waals surface area contributed by atoms with Gasteiger partial charge in [-0.05, 0) is 31.0 Å². The highest BCUT2D eigenvalue weighted by atomic mass is 27.0. The Bertz CT molecular complexity index is 468.